The zero-order valence-electron chi connectivity index (χ0n) is 17.3. The summed E-state index contributed by atoms with van der Waals surface area (Å²) in [6.45, 7) is 1.74. The Balaban J connectivity index is 1.56. The summed E-state index contributed by atoms with van der Waals surface area (Å²) in [7, 11) is 1.62. The zero-order valence-corrected chi connectivity index (χ0v) is 18.9. The lowest BCUT2D eigenvalue weighted by atomic mass is 9.95. The maximum absolute atomic E-state index is 12.9. The van der Waals surface area contributed by atoms with Crippen molar-refractivity contribution in [2.24, 2.45) is 7.05 Å². The van der Waals surface area contributed by atoms with E-state index in [1.54, 1.807) is 32.2 Å². The molecule has 0 saturated heterocycles. The largest absolute Gasteiger partial charge is 0.349 e. The molecule has 1 aliphatic carbocycles. The molecule has 1 fully saturated rings. The van der Waals surface area contributed by atoms with Gasteiger partial charge in [-0.1, -0.05) is 30.9 Å². The summed E-state index contributed by atoms with van der Waals surface area (Å²) < 4.78 is 1.39. The number of hydrogen-bond acceptors (Lipinski definition) is 5. The standard InChI is InChI=1S/C22H23ClN4O3S/c1-12-17-21(24-11-27(2)22(17)30)31-18(12)20(29)26-14-8-9-16(23)15(10-14)19(28)25-13-6-4-3-5-7-13/h8-11,13H,3-7H2,1-2H3,(H,25,28)(H,26,29). The van der Waals surface area contributed by atoms with Crippen LogP contribution in [-0.2, 0) is 7.05 Å². The van der Waals surface area contributed by atoms with Gasteiger partial charge in [0.2, 0.25) is 0 Å². The van der Waals surface area contributed by atoms with Crippen LogP contribution in [0.4, 0.5) is 5.69 Å². The summed E-state index contributed by atoms with van der Waals surface area (Å²) in [6, 6.07) is 4.99. The van der Waals surface area contributed by atoms with E-state index in [0.29, 0.717) is 36.9 Å². The van der Waals surface area contributed by atoms with Gasteiger partial charge in [0, 0.05) is 18.8 Å². The molecule has 0 spiro atoms. The number of halogens is 1. The lowest BCUT2D eigenvalue weighted by molar-refractivity contribution is 0.0927. The lowest BCUT2D eigenvalue weighted by Gasteiger charge is -2.23. The van der Waals surface area contributed by atoms with Crippen LogP contribution in [0.2, 0.25) is 5.02 Å². The van der Waals surface area contributed by atoms with Gasteiger partial charge in [-0.15, -0.1) is 11.3 Å². The molecular weight excluding hydrogens is 436 g/mol. The molecule has 1 aliphatic rings. The van der Waals surface area contributed by atoms with Gasteiger partial charge in [0.1, 0.15) is 4.83 Å². The van der Waals surface area contributed by atoms with Crippen LogP contribution < -0.4 is 16.2 Å². The number of nitrogens with one attached hydrogen (secondary N) is 2. The Labute approximate surface area is 188 Å². The highest BCUT2D eigenvalue weighted by Gasteiger charge is 2.21. The average molecular weight is 459 g/mol. The molecule has 2 N–H and O–H groups in total. The Kier molecular flexibility index (Phi) is 6.11. The van der Waals surface area contributed by atoms with Crippen molar-refractivity contribution < 1.29 is 9.59 Å². The number of thiophene rings is 1. The number of nitrogens with zero attached hydrogens (tertiary/aromatic N) is 2. The van der Waals surface area contributed by atoms with Gasteiger partial charge in [0.15, 0.2) is 0 Å². The second kappa shape index (κ2) is 8.80. The molecule has 0 atom stereocenters. The second-order valence-corrected chi connectivity index (χ2v) is 9.26. The third kappa shape index (κ3) is 4.36. The number of carbonyl (C=O) groups is 2. The van der Waals surface area contributed by atoms with Gasteiger partial charge in [0.05, 0.1) is 27.2 Å². The molecule has 1 saturated carbocycles. The third-order valence-corrected chi connectivity index (χ3v) is 7.15. The number of benzene rings is 1. The van der Waals surface area contributed by atoms with Crippen molar-refractivity contribution >= 4 is 50.7 Å². The summed E-state index contributed by atoms with van der Waals surface area (Å²) in [4.78, 5) is 43.2. The normalized spacial score (nSPS) is 14.5. The minimum atomic E-state index is -0.358. The van der Waals surface area contributed by atoms with E-state index >= 15 is 0 Å². The van der Waals surface area contributed by atoms with Crippen LogP contribution in [0.25, 0.3) is 10.2 Å². The van der Waals surface area contributed by atoms with E-state index in [1.165, 1.54) is 28.7 Å². The monoisotopic (exact) mass is 458 g/mol. The van der Waals surface area contributed by atoms with Gasteiger partial charge in [-0.25, -0.2) is 4.98 Å². The lowest BCUT2D eigenvalue weighted by Crippen LogP contribution is -2.36. The molecule has 9 heteroatoms. The van der Waals surface area contributed by atoms with Crippen LogP contribution >= 0.6 is 22.9 Å². The fourth-order valence-electron chi connectivity index (χ4n) is 3.90. The van der Waals surface area contributed by atoms with Crippen LogP contribution in [0, 0.1) is 6.92 Å². The number of fused-ring (bicyclic) bond motifs is 1. The Morgan fingerprint density at radius 3 is 2.68 bits per heavy atom. The van der Waals surface area contributed by atoms with E-state index in [2.05, 4.69) is 15.6 Å². The summed E-state index contributed by atoms with van der Waals surface area (Å²) in [5.74, 6) is -0.595. The highest BCUT2D eigenvalue weighted by Crippen LogP contribution is 2.28. The van der Waals surface area contributed by atoms with E-state index in [1.807, 2.05) is 0 Å². The number of rotatable bonds is 4. The van der Waals surface area contributed by atoms with E-state index < -0.39 is 0 Å². The molecule has 2 aromatic heterocycles. The van der Waals surface area contributed by atoms with Crippen LogP contribution in [0.3, 0.4) is 0 Å². The summed E-state index contributed by atoms with van der Waals surface area (Å²) in [5.41, 5.74) is 1.19. The van der Waals surface area contributed by atoms with Gasteiger partial charge in [-0.3, -0.25) is 14.4 Å². The number of aromatic nitrogens is 2. The van der Waals surface area contributed by atoms with Crippen molar-refractivity contribution in [2.45, 2.75) is 45.1 Å². The second-order valence-electron chi connectivity index (χ2n) is 7.85. The molecule has 31 heavy (non-hydrogen) atoms. The molecule has 162 valence electrons. The van der Waals surface area contributed by atoms with E-state index in [9.17, 15) is 14.4 Å². The van der Waals surface area contributed by atoms with Crippen LogP contribution in [0.5, 0.6) is 0 Å². The Bertz CT molecular complexity index is 1230. The molecule has 4 rings (SSSR count). The first kappa shape index (κ1) is 21.5. The van der Waals surface area contributed by atoms with Crippen molar-refractivity contribution in [3.8, 4) is 0 Å². The first-order valence-electron chi connectivity index (χ1n) is 10.2. The van der Waals surface area contributed by atoms with Gasteiger partial charge in [-0.2, -0.15) is 0 Å². The number of carbonyl (C=O) groups excluding carboxylic acids is 2. The van der Waals surface area contributed by atoms with Gasteiger partial charge < -0.3 is 15.2 Å². The van der Waals surface area contributed by atoms with Gasteiger partial charge >= 0.3 is 0 Å². The predicted octanol–water partition coefficient (Wildman–Crippen LogP) is 4.27. The van der Waals surface area contributed by atoms with Crippen LogP contribution in [0.15, 0.2) is 29.3 Å². The summed E-state index contributed by atoms with van der Waals surface area (Å²) in [5, 5.41) is 6.64. The highest BCUT2D eigenvalue weighted by molar-refractivity contribution is 7.20. The minimum absolute atomic E-state index is 0.159. The number of hydrogen-bond donors (Lipinski definition) is 2. The molecule has 1 aromatic carbocycles. The quantitative estimate of drug-likeness (QED) is 0.610. The van der Waals surface area contributed by atoms with E-state index in [4.69, 9.17) is 11.6 Å². The smallest absolute Gasteiger partial charge is 0.266 e. The fraction of sp³-hybridized carbons (Fsp3) is 0.364. The van der Waals surface area contributed by atoms with Crippen molar-refractivity contribution in [3.63, 3.8) is 0 Å². The van der Waals surface area contributed by atoms with Gasteiger partial charge in [-0.05, 0) is 43.5 Å². The minimum Gasteiger partial charge on any atom is -0.349 e. The molecule has 0 aliphatic heterocycles. The van der Waals surface area contributed by atoms with Crippen molar-refractivity contribution in [1.29, 1.82) is 0 Å². The zero-order chi connectivity index (χ0) is 22.1. The van der Waals surface area contributed by atoms with Gasteiger partial charge in [0.25, 0.3) is 17.4 Å². The number of aryl methyl sites for hydroxylation is 2. The first-order chi connectivity index (χ1) is 14.8. The van der Waals surface area contributed by atoms with Crippen LogP contribution in [0.1, 0.15) is 57.7 Å². The molecular formula is C22H23ClN4O3S. The summed E-state index contributed by atoms with van der Waals surface area (Å²) in [6.07, 6.45) is 6.81. The maximum atomic E-state index is 12.9. The maximum Gasteiger partial charge on any atom is 0.266 e. The molecule has 2 amide bonds. The topological polar surface area (TPSA) is 93.1 Å². The molecule has 2 heterocycles. The third-order valence-electron chi connectivity index (χ3n) is 5.63. The van der Waals surface area contributed by atoms with Crippen LogP contribution in [-0.4, -0.2) is 27.4 Å². The van der Waals surface area contributed by atoms with Crippen molar-refractivity contribution in [1.82, 2.24) is 14.9 Å². The fourth-order valence-corrected chi connectivity index (χ4v) is 5.14. The van der Waals surface area contributed by atoms with E-state index in [0.717, 1.165) is 25.7 Å². The van der Waals surface area contributed by atoms with Crippen molar-refractivity contribution in [2.75, 3.05) is 5.32 Å². The molecule has 3 aromatic rings. The molecule has 0 radical (unpaired) electrons. The van der Waals surface area contributed by atoms with Crippen molar-refractivity contribution in [3.05, 3.63) is 55.9 Å². The number of anilines is 1. The molecule has 0 unspecified atom stereocenters. The number of amides is 2. The Morgan fingerprint density at radius 2 is 1.94 bits per heavy atom. The predicted molar refractivity (Wildman–Crippen MR) is 123 cm³/mol. The molecule has 0 bridgehead atoms. The molecule has 7 nitrogen and oxygen atoms in total. The van der Waals surface area contributed by atoms with E-state index in [-0.39, 0.29) is 23.4 Å². The first-order valence-corrected chi connectivity index (χ1v) is 11.4. The highest BCUT2D eigenvalue weighted by atomic mass is 35.5. The summed E-state index contributed by atoms with van der Waals surface area (Å²) >= 11 is 7.43. The SMILES string of the molecule is Cc1c(C(=O)Nc2ccc(Cl)c(C(=O)NC3CCCCC3)c2)sc2ncn(C)c(=O)c12. The Hall–Kier alpha value is -2.71. The Morgan fingerprint density at radius 1 is 1.19 bits per heavy atom. The average Bonchev–Trinajstić information content (AvgIpc) is 3.10.